The summed E-state index contributed by atoms with van der Waals surface area (Å²) in [6, 6.07) is 4.16. The van der Waals surface area contributed by atoms with E-state index in [0.29, 0.717) is 4.88 Å². The molecule has 0 radical (unpaired) electrons. The summed E-state index contributed by atoms with van der Waals surface area (Å²) in [5, 5.41) is 6.12. The lowest BCUT2D eigenvalue weighted by molar-refractivity contribution is 0.0897. The maximum Gasteiger partial charge on any atom is 0.263 e. The number of rotatable bonds is 6. The van der Waals surface area contributed by atoms with Crippen molar-refractivity contribution in [1.29, 1.82) is 0 Å². The number of nitrogens with zero attached hydrogens (tertiary/aromatic N) is 2. The Morgan fingerprint density at radius 1 is 1.39 bits per heavy atom. The lowest BCUT2D eigenvalue weighted by Crippen LogP contribution is -2.45. The maximum atomic E-state index is 12.6. The Labute approximate surface area is 146 Å². The van der Waals surface area contributed by atoms with Crippen molar-refractivity contribution in [3.8, 4) is 9.88 Å². The van der Waals surface area contributed by atoms with E-state index in [1.807, 2.05) is 17.5 Å². The Balaban J connectivity index is 2.06. The van der Waals surface area contributed by atoms with Crippen molar-refractivity contribution in [2.45, 2.75) is 33.2 Å². The van der Waals surface area contributed by atoms with Crippen molar-refractivity contribution < 1.29 is 4.79 Å². The van der Waals surface area contributed by atoms with Gasteiger partial charge in [0.15, 0.2) is 0 Å². The molecule has 0 saturated carbocycles. The molecule has 0 bridgehead atoms. The van der Waals surface area contributed by atoms with E-state index in [0.717, 1.165) is 22.9 Å². The minimum atomic E-state index is -0.0241. The monoisotopic (exact) mass is 351 g/mol. The van der Waals surface area contributed by atoms with Gasteiger partial charge in [-0.05, 0) is 43.9 Å². The first-order valence-electron chi connectivity index (χ1n) is 7.72. The van der Waals surface area contributed by atoms with Crippen LogP contribution in [0.1, 0.15) is 36.9 Å². The van der Waals surface area contributed by atoms with Crippen molar-refractivity contribution in [3.63, 3.8) is 0 Å². The molecule has 0 aliphatic rings. The maximum absolute atomic E-state index is 12.6. The molecule has 23 heavy (non-hydrogen) atoms. The average molecular weight is 352 g/mol. The fourth-order valence-electron chi connectivity index (χ4n) is 2.23. The molecule has 6 heteroatoms. The SMILES string of the molecule is CN(C)CCC(NC(=O)c1cnc(-c2cccs2)s1)C(C)(C)C. The highest BCUT2D eigenvalue weighted by Gasteiger charge is 2.27. The smallest absolute Gasteiger partial charge is 0.263 e. The fourth-order valence-corrected chi connectivity index (χ4v) is 3.85. The van der Waals surface area contributed by atoms with Gasteiger partial charge < -0.3 is 10.2 Å². The quantitative estimate of drug-likeness (QED) is 0.856. The van der Waals surface area contributed by atoms with E-state index in [4.69, 9.17) is 0 Å². The van der Waals surface area contributed by atoms with E-state index in [1.165, 1.54) is 11.3 Å². The van der Waals surface area contributed by atoms with Crippen LogP contribution in [0.5, 0.6) is 0 Å². The summed E-state index contributed by atoms with van der Waals surface area (Å²) in [7, 11) is 4.11. The van der Waals surface area contributed by atoms with Crippen molar-refractivity contribution >= 4 is 28.6 Å². The zero-order valence-corrected chi connectivity index (χ0v) is 16.1. The first-order chi connectivity index (χ1) is 10.8. The van der Waals surface area contributed by atoms with E-state index in [2.05, 4.69) is 50.1 Å². The Hall–Kier alpha value is -1.24. The van der Waals surface area contributed by atoms with Gasteiger partial charge in [0.1, 0.15) is 9.88 Å². The normalized spacial score (nSPS) is 13.3. The summed E-state index contributed by atoms with van der Waals surface area (Å²) in [5.41, 5.74) is 0.0208. The molecule has 0 aliphatic heterocycles. The highest BCUT2D eigenvalue weighted by molar-refractivity contribution is 7.21. The molecule has 126 valence electrons. The average Bonchev–Trinajstić information content (AvgIpc) is 3.10. The Morgan fingerprint density at radius 3 is 2.70 bits per heavy atom. The van der Waals surface area contributed by atoms with Crippen molar-refractivity contribution in [3.05, 3.63) is 28.6 Å². The van der Waals surface area contributed by atoms with Gasteiger partial charge in [-0.3, -0.25) is 4.79 Å². The van der Waals surface area contributed by atoms with Crippen LogP contribution in [-0.2, 0) is 0 Å². The third-order valence-electron chi connectivity index (χ3n) is 3.68. The van der Waals surface area contributed by atoms with Crippen molar-refractivity contribution in [2.75, 3.05) is 20.6 Å². The molecule has 1 amide bonds. The first-order valence-corrected chi connectivity index (χ1v) is 9.42. The molecule has 4 nitrogen and oxygen atoms in total. The molecule has 2 aromatic rings. The summed E-state index contributed by atoms with van der Waals surface area (Å²) in [4.78, 5) is 20.9. The van der Waals surface area contributed by atoms with E-state index < -0.39 is 0 Å². The Kier molecular flexibility index (Phi) is 5.95. The van der Waals surface area contributed by atoms with Crippen LogP contribution < -0.4 is 5.32 Å². The van der Waals surface area contributed by atoms with Crippen LogP contribution in [0.3, 0.4) is 0 Å². The lowest BCUT2D eigenvalue weighted by atomic mass is 9.84. The highest BCUT2D eigenvalue weighted by atomic mass is 32.1. The molecule has 2 heterocycles. The van der Waals surface area contributed by atoms with E-state index in [-0.39, 0.29) is 17.4 Å². The summed E-state index contributed by atoms with van der Waals surface area (Å²) < 4.78 is 0. The predicted molar refractivity (Wildman–Crippen MR) is 99.3 cm³/mol. The van der Waals surface area contributed by atoms with Crippen LogP contribution in [0.15, 0.2) is 23.7 Å². The van der Waals surface area contributed by atoms with Crippen molar-refractivity contribution in [1.82, 2.24) is 15.2 Å². The number of thiazole rings is 1. The minimum absolute atomic E-state index is 0.0208. The van der Waals surface area contributed by atoms with Gasteiger partial charge >= 0.3 is 0 Å². The molecule has 2 aromatic heterocycles. The summed E-state index contributed by atoms with van der Waals surface area (Å²) in [6.45, 7) is 7.44. The van der Waals surface area contributed by atoms with Crippen LogP contribution in [0.4, 0.5) is 0 Å². The molecule has 0 aromatic carbocycles. The number of amides is 1. The molecule has 1 unspecified atom stereocenters. The van der Waals surface area contributed by atoms with Crippen LogP contribution in [0.2, 0.25) is 0 Å². The number of hydrogen-bond acceptors (Lipinski definition) is 5. The van der Waals surface area contributed by atoms with Gasteiger partial charge in [0, 0.05) is 6.04 Å². The van der Waals surface area contributed by atoms with E-state index in [1.54, 1.807) is 17.5 Å². The third-order valence-corrected chi connectivity index (χ3v) is 5.71. The second-order valence-electron chi connectivity index (χ2n) is 6.99. The molecular formula is C17H25N3OS2. The molecule has 0 aliphatic carbocycles. The first kappa shape index (κ1) is 18.1. The third kappa shape index (κ3) is 5.12. The second-order valence-corrected chi connectivity index (χ2v) is 8.97. The molecule has 1 N–H and O–H groups in total. The number of carbonyl (C=O) groups is 1. The van der Waals surface area contributed by atoms with Gasteiger partial charge in [-0.2, -0.15) is 0 Å². The van der Waals surface area contributed by atoms with Crippen LogP contribution in [0.25, 0.3) is 9.88 Å². The fraction of sp³-hybridized carbons (Fsp3) is 0.529. The molecule has 0 saturated heterocycles. The van der Waals surface area contributed by atoms with Gasteiger partial charge in [-0.1, -0.05) is 26.8 Å². The van der Waals surface area contributed by atoms with Gasteiger partial charge in [0.05, 0.1) is 11.1 Å². The van der Waals surface area contributed by atoms with Crippen LogP contribution in [-0.4, -0.2) is 42.5 Å². The second kappa shape index (κ2) is 7.55. The summed E-state index contributed by atoms with van der Waals surface area (Å²) >= 11 is 3.09. The number of thiophene rings is 1. The van der Waals surface area contributed by atoms with Gasteiger partial charge in [0.25, 0.3) is 5.91 Å². The molecule has 2 rings (SSSR count). The van der Waals surface area contributed by atoms with E-state index in [9.17, 15) is 4.79 Å². The Morgan fingerprint density at radius 2 is 2.13 bits per heavy atom. The standard InChI is InChI=1S/C17H25N3OS2/c1-17(2,3)14(8-9-20(4)5)19-15(21)13-11-18-16(23-13)12-7-6-10-22-12/h6-7,10-11,14H,8-9H2,1-5H3,(H,19,21). The number of hydrogen-bond donors (Lipinski definition) is 1. The Bertz CT molecular complexity index is 627. The van der Waals surface area contributed by atoms with Crippen molar-refractivity contribution in [2.24, 2.45) is 5.41 Å². The lowest BCUT2D eigenvalue weighted by Gasteiger charge is -2.32. The van der Waals surface area contributed by atoms with Crippen LogP contribution >= 0.6 is 22.7 Å². The molecule has 0 fully saturated rings. The molecular weight excluding hydrogens is 326 g/mol. The topological polar surface area (TPSA) is 45.2 Å². The van der Waals surface area contributed by atoms with Crippen LogP contribution in [0, 0.1) is 5.41 Å². The minimum Gasteiger partial charge on any atom is -0.348 e. The molecule has 0 spiro atoms. The summed E-state index contributed by atoms with van der Waals surface area (Å²) in [6.07, 6.45) is 2.61. The largest absolute Gasteiger partial charge is 0.348 e. The summed E-state index contributed by atoms with van der Waals surface area (Å²) in [5.74, 6) is -0.0241. The number of carbonyl (C=O) groups excluding carboxylic acids is 1. The highest BCUT2D eigenvalue weighted by Crippen LogP contribution is 2.29. The number of nitrogens with one attached hydrogen (secondary N) is 1. The van der Waals surface area contributed by atoms with E-state index >= 15 is 0 Å². The predicted octanol–water partition coefficient (Wildman–Crippen LogP) is 3.97. The molecule has 1 atom stereocenters. The zero-order valence-electron chi connectivity index (χ0n) is 14.4. The van der Waals surface area contributed by atoms with Gasteiger partial charge in [-0.15, -0.1) is 22.7 Å². The zero-order chi connectivity index (χ0) is 17.0. The number of aromatic nitrogens is 1. The van der Waals surface area contributed by atoms with Gasteiger partial charge in [-0.25, -0.2) is 4.98 Å². The van der Waals surface area contributed by atoms with Gasteiger partial charge in [0.2, 0.25) is 0 Å².